The van der Waals surface area contributed by atoms with Crippen molar-refractivity contribution in [2.75, 3.05) is 13.1 Å². The number of rotatable bonds is 3. The van der Waals surface area contributed by atoms with Gasteiger partial charge in [0.25, 0.3) is 0 Å². The van der Waals surface area contributed by atoms with Crippen LogP contribution in [-0.4, -0.2) is 46.9 Å². The molecule has 1 rings (SSSR count). The second-order valence-electron chi connectivity index (χ2n) is 6.14. The SMILES string of the molecule is CC(C)CC(=O)N1CC(C)N(C(C)C)C(C)C1. The number of carbonyl (C=O) groups excluding carboxylic acids is 1. The molecule has 0 aliphatic carbocycles. The number of piperazine rings is 1. The van der Waals surface area contributed by atoms with E-state index in [9.17, 15) is 4.79 Å². The van der Waals surface area contributed by atoms with Crippen molar-refractivity contribution in [3.8, 4) is 0 Å². The molecule has 0 radical (unpaired) electrons. The van der Waals surface area contributed by atoms with Gasteiger partial charge in [0.05, 0.1) is 0 Å². The standard InChI is InChI=1S/C14H28N2O/c1-10(2)7-14(17)15-8-12(5)16(11(3)4)13(6)9-15/h10-13H,7-9H2,1-6H3. The summed E-state index contributed by atoms with van der Waals surface area (Å²) in [6.45, 7) is 14.9. The van der Waals surface area contributed by atoms with E-state index in [0.717, 1.165) is 13.1 Å². The van der Waals surface area contributed by atoms with Crippen molar-refractivity contribution in [2.24, 2.45) is 5.92 Å². The summed E-state index contributed by atoms with van der Waals surface area (Å²) >= 11 is 0. The van der Waals surface area contributed by atoms with Crippen molar-refractivity contribution in [1.29, 1.82) is 0 Å². The average molecular weight is 240 g/mol. The predicted octanol–water partition coefficient (Wildman–Crippen LogP) is 2.36. The average Bonchev–Trinajstić information content (AvgIpc) is 2.14. The van der Waals surface area contributed by atoms with Gasteiger partial charge in [-0.3, -0.25) is 9.69 Å². The highest BCUT2D eigenvalue weighted by molar-refractivity contribution is 5.76. The van der Waals surface area contributed by atoms with E-state index in [1.54, 1.807) is 0 Å². The maximum absolute atomic E-state index is 12.1. The maximum atomic E-state index is 12.1. The summed E-state index contributed by atoms with van der Waals surface area (Å²) in [6, 6.07) is 1.49. The zero-order valence-electron chi connectivity index (χ0n) is 12.2. The third kappa shape index (κ3) is 3.70. The lowest BCUT2D eigenvalue weighted by Crippen LogP contribution is -2.60. The molecular formula is C14H28N2O. The van der Waals surface area contributed by atoms with Crippen LogP contribution < -0.4 is 0 Å². The smallest absolute Gasteiger partial charge is 0.222 e. The lowest BCUT2D eigenvalue weighted by molar-refractivity contribution is -0.137. The van der Waals surface area contributed by atoms with Crippen LogP contribution in [0.15, 0.2) is 0 Å². The Balaban J connectivity index is 2.62. The van der Waals surface area contributed by atoms with Gasteiger partial charge in [-0.05, 0) is 33.6 Å². The quantitative estimate of drug-likeness (QED) is 0.756. The van der Waals surface area contributed by atoms with Gasteiger partial charge in [0.2, 0.25) is 5.91 Å². The molecule has 3 heteroatoms. The number of amides is 1. The van der Waals surface area contributed by atoms with Gasteiger partial charge < -0.3 is 4.90 Å². The number of nitrogens with zero attached hydrogens (tertiary/aromatic N) is 2. The largest absolute Gasteiger partial charge is 0.340 e. The Morgan fingerprint density at radius 2 is 1.59 bits per heavy atom. The van der Waals surface area contributed by atoms with E-state index in [1.807, 2.05) is 4.90 Å². The topological polar surface area (TPSA) is 23.6 Å². The molecule has 0 saturated carbocycles. The minimum absolute atomic E-state index is 0.321. The minimum atomic E-state index is 0.321. The normalized spacial score (nSPS) is 26.9. The molecule has 0 spiro atoms. The molecule has 0 aromatic heterocycles. The Morgan fingerprint density at radius 1 is 1.12 bits per heavy atom. The van der Waals surface area contributed by atoms with Gasteiger partial charge in [-0.25, -0.2) is 0 Å². The molecule has 0 bridgehead atoms. The lowest BCUT2D eigenvalue weighted by Gasteiger charge is -2.46. The fourth-order valence-corrected chi connectivity index (χ4v) is 3.04. The van der Waals surface area contributed by atoms with Gasteiger partial charge in [-0.2, -0.15) is 0 Å². The molecule has 100 valence electrons. The fourth-order valence-electron chi connectivity index (χ4n) is 3.04. The summed E-state index contributed by atoms with van der Waals surface area (Å²) in [7, 11) is 0. The van der Waals surface area contributed by atoms with Crippen LogP contribution in [0.1, 0.15) is 48.0 Å². The van der Waals surface area contributed by atoms with Crippen molar-refractivity contribution in [1.82, 2.24) is 9.80 Å². The zero-order valence-corrected chi connectivity index (χ0v) is 12.2. The minimum Gasteiger partial charge on any atom is -0.340 e. The van der Waals surface area contributed by atoms with Gasteiger partial charge >= 0.3 is 0 Å². The first-order valence-electron chi connectivity index (χ1n) is 6.88. The van der Waals surface area contributed by atoms with Gasteiger partial charge in [0.1, 0.15) is 0 Å². The summed E-state index contributed by atoms with van der Waals surface area (Å²) in [5.74, 6) is 0.776. The first-order valence-corrected chi connectivity index (χ1v) is 6.88. The van der Waals surface area contributed by atoms with Crippen LogP contribution in [0.4, 0.5) is 0 Å². The van der Waals surface area contributed by atoms with Crippen LogP contribution in [0, 0.1) is 5.92 Å². The number of carbonyl (C=O) groups is 1. The Morgan fingerprint density at radius 3 is 1.94 bits per heavy atom. The molecule has 3 nitrogen and oxygen atoms in total. The highest BCUT2D eigenvalue weighted by Crippen LogP contribution is 2.19. The van der Waals surface area contributed by atoms with Crippen LogP contribution >= 0.6 is 0 Å². The Labute approximate surface area is 106 Å². The van der Waals surface area contributed by atoms with Crippen molar-refractivity contribution < 1.29 is 4.79 Å². The first kappa shape index (κ1) is 14.5. The summed E-state index contributed by atoms with van der Waals surface area (Å²) in [5, 5.41) is 0. The molecule has 1 amide bonds. The zero-order chi connectivity index (χ0) is 13.2. The van der Waals surface area contributed by atoms with Gasteiger partial charge in [-0.15, -0.1) is 0 Å². The second-order valence-corrected chi connectivity index (χ2v) is 6.14. The summed E-state index contributed by atoms with van der Waals surface area (Å²) in [4.78, 5) is 16.6. The van der Waals surface area contributed by atoms with Crippen molar-refractivity contribution in [2.45, 2.75) is 66.1 Å². The maximum Gasteiger partial charge on any atom is 0.222 e. The Kier molecular flexibility index (Phi) is 4.99. The third-order valence-electron chi connectivity index (χ3n) is 3.52. The van der Waals surface area contributed by atoms with Gasteiger partial charge in [-0.1, -0.05) is 13.8 Å². The predicted molar refractivity (Wildman–Crippen MR) is 71.9 cm³/mol. The monoisotopic (exact) mass is 240 g/mol. The van der Waals surface area contributed by atoms with Crippen LogP contribution in [-0.2, 0) is 4.79 Å². The highest BCUT2D eigenvalue weighted by Gasteiger charge is 2.32. The van der Waals surface area contributed by atoms with E-state index >= 15 is 0 Å². The van der Waals surface area contributed by atoms with Gasteiger partial charge in [0.15, 0.2) is 0 Å². The fraction of sp³-hybridized carbons (Fsp3) is 0.929. The van der Waals surface area contributed by atoms with E-state index in [0.29, 0.717) is 36.4 Å². The molecule has 0 aromatic carbocycles. The highest BCUT2D eigenvalue weighted by atomic mass is 16.2. The molecule has 1 heterocycles. The van der Waals surface area contributed by atoms with E-state index in [-0.39, 0.29) is 0 Å². The third-order valence-corrected chi connectivity index (χ3v) is 3.52. The van der Waals surface area contributed by atoms with Crippen molar-refractivity contribution in [3.63, 3.8) is 0 Å². The second kappa shape index (κ2) is 5.85. The van der Waals surface area contributed by atoms with Crippen LogP contribution in [0.2, 0.25) is 0 Å². The van der Waals surface area contributed by atoms with Gasteiger partial charge in [0, 0.05) is 37.6 Å². The van der Waals surface area contributed by atoms with E-state index in [2.05, 4.69) is 46.4 Å². The van der Waals surface area contributed by atoms with Crippen LogP contribution in [0.25, 0.3) is 0 Å². The Hall–Kier alpha value is -0.570. The molecule has 0 aromatic rings. The van der Waals surface area contributed by atoms with Crippen molar-refractivity contribution in [3.05, 3.63) is 0 Å². The molecule has 2 unspecified atom stereocenters. The summed E-state index contributed by atoms with van der Waals surface area (Å²) in [5.41, 5.74) is 0. The van der Waals surface area contributed by atoms with E-state index in [4.69, 9.17) is 0 Å². The molecule has 1 aliphatic heterocycles. The Bertz CT molecular complexity index is 251. The van der Waals surface area contributed by atoms with Crippen LogP contribution in [0.3, 0.4) is 0 Å². The van der Waals surface area contributed by atoms with E-state index < -0.39 is 0 Å². The molecular weight excluding hydrogens is 212 g/mol. The van der Waals surface area contributed by atoms with E-state index in [1.165, 1.54) is 0 Å². The molecule has 17 heavy (non-hydrogen) atoms. The molecule has 2 atom stereocenters. The summed E-state index contributed by atoms with van der Waals surface area (Å²) in [6.07, 6.45) is 0.682. The van der Waals surface area contributed by atoms with Crippen LogP contribution in [0.5, 0.6) is 0 Å². The molecule has 1 fully saturated rings. The number of hydrogen-bond donors (Lipinski definition) is 0. The van der Waals surface area contributed by atoms with Crippen molar-refractivity contribution >= 4 is 5.91 Å². The molecule has 0 N–H and O–H groups in total. The lowest BCUT2D eigenvalue weighted by atomic mass is 10.0. The molecule has 1 aliphatic rings. The number of hydrogen-bond acceptors (Lipinski definition) is 2. The first-order chi connectivity index (χ1) is 7.82. The summed E-state index contributed by atoms with van der Waals surface area (Å²) < 4.78 is 0. The molecule has 1 saturated heterocycles.